The van der Waals surface area contributed by atoms with Gasteiger partial charge in [-0.2, -0.15) is 0 Å². The molecule has 2 rings (SSSR count). The predicted molar refractivity (Wildman–Crippen MR) is 64.1 cm³/mol. The first kappa shape index (κ1) is 11.7. The van der Waals surface area contributed by atoms with Crippen LogP contribution in [-0.4, -0.2) is 11.6 Å². The van der Waals surface area contributed by atoms with E-state index in [1.807, 2.05) is 0 Å². The average molecular weight is 222 g/mol. The number of unbranched alkanes of at least 4 members (excludes halogenated alkanes) is 2. The van der Waals surface area contributed by atoms with Gasteiger partial charge in [-0.05, 0) is 25.3 Å². The lowest BCUT2D eigenvalue weighted by Gasteiger charge is -2.13. The first-order valence-corrected chi connectivity index (χ1v) is 6.41. The van der Waals surface area contributed by atoms with Crippen LogP contribution in [0.15, 0.2) is 11.6 Å². The van der Waals surface area contributed by atoms with Gasteiger partial charge in [-0.15, -0.1) is 0 Å². The van der Waals surface area contributed by atoms with E-state index in [0.29, 0.717) is 0 Å². The third-order valence-electron chi connectivity index (χ3n) is 4.03. The van der Waals surface area contributed by atoms with Crippen molar-refractivity contribution in [2.75, 3.05) is 0 Å². The van der Waals surface area contributed by atoms with Crippen molar-refractivity contribution < 1.29 is 9.53 Å². The highest BCUT2D eigenvalue weighted by atomic mass is 16.6. The fraction of sp³-hybridized carbons (Fsp3) is 0.786. The molecular formula is C14H22O2. The maximum absolute atomic E-state index is 11.1. The smallest absolute Gasteiger partial charge is 0.303 e. The molecule has 0 unspecified atom stereocenters. The van der Waals surface area contributed by atoms with Gasteiger partial charge in [0, 0.05) is 18.8 Å². The lowest BCUT2D eigenvalue weighted by molar-refractivity contribution is -0.147. The molecule has 2 aliphatic rings. The molecule has 1 fully saturated rings. The van der Waals surface area contributed by atoms with Crippen molar-refractivity contribution in [1.29, 1.82) is 0 Å². The Morgan fingerprint density at radius 1 is 1.50 bits per heavy atom. The van der Waals surface area contributed by atoms with Crippen LogP contribution in [0.1, 0.15) is 59.3 Å². The van der Waals surface area contributed by atoms with Gasteiger partial charge in [-0.1, -0.05) is 32.3 Å². The molecule has 90 valence electrons. The molecule has 1 saturated carbocycles. The zero-order valence-corrected chi connectivity index (χ0v) is 10.6. The molecule has 0 aromatic rings. The molecule has 0 radical (unpaired) electrons. The van der Waals surface area contributed by atoms with E-state index in [4.69, 9.17) is 4.74 Å². The van der Waals surface area contributed by atoms with E-state index in [-0.39, 0.29) is 17.0 Å². The van der Waals surface area contributed by atoms with Gasteiger partial charge in [0.25, 0.3) is 0 Å². The molecule has 2 aliphatic carbocycles. The summed E-state index contributed by atoms with van der Waals surface area (Å²) in [7, 11) is 0. The first-order chi connectivity index (χ1) is 7.51. The summed E-state index contributed by atoms with van der Waals surface area (Å²) in [5.41, 5.74) is 1.50. The minimum atomic E-state index is -0.222. The second-order valence-corrected chi connectivity index (χ2v) is 5.66. The Morgan fingerprint density at radius 3 is 2.88 bits per heavy atom. The van der Waals surface area contributed by atoms with Gasteiger partial charge in [0.05, 0.1) is 0 Å². The zero-order valence-electron chi connectivity index (χ0n) is 10.6. The highest BCUT2D eigenvalue weighted by Crippen LogP contribution is 2.67. The van der Waals surface area contributed by atoms with Gasteiger partial charge >= 0.3 is 5.97 Å². The Morgan fingerprint density at radius 2 is 2.25 bits per heavy atom. The Labute approximate surface area is 98.1 Å². The lowest BCUT2D eigenvalue weighted by Crippen LogP contribution is -2.19. The van der Waals surface area contributed by atoms with E-state index in [9.17, 15) is 4.79 Å². The standard InChI is InChI=1S/C14H22O2/c1-4-5-6-7-12-8-13(3)10-14(13,9-12)16-11(2)15/h9H,4-8,10H2,1-3H3/t13-,14-/m0/s1. The number of carbonyl (C=O) groups is 1. The number of hydrogen-bond acceptors (Lipinski definition) is 2. The highest BCUT2D eigenvalue weighted by molar-refractivity contribution is 5.68. The van der Waals surface area contributed by atoms with Gasteiger partial charge in [0.2, 0.25) is 0 Å². The molecule has 0 heterocycles. The number of ether oxygens (including phenoxy) is 1. The van der Waals surface area contributed by atoms with E-state index in [2.05, 4.69) is 19.9 Å². The molecule has 0 amide bonds. The second-order valence-electron chi connectivity index (χ2n) is 5.66. The highest BCUT2D eigenvalue weighted by Gasteiger charge is 2.69. The fourth-order valence-electron chi connectivity index (χ4n) is 3.06. The molecule has 0 spiro atoms. The summed E-state index contributed by atoms with van der Waals surface area (Å²) in [6.07, 6.45) is 9.42. The quantitative estimate of drug-likeness (QED) is 0.403. The molecule has 0 aromatic heterocycles. The maximum atomic E-state index is 11.1. The van der Waals surface area contributed by atoms with Gasteiger partial charge < -0.3 is 4.74 Å². The van der Waals surface area contributed by atoms with E-state index >= 15 is 0 Å². The van der Waals surface area contributed by atoms with Crippen LogP contribution in [0, 0.1) is 5.41 Å². The number of allylic oxidation sites excluding steroid dienone is 1. The van der Waals surface area contributed by atoms with Gasteiger partial charge in [0.1, 0.15) is 5.60 Å². The van der Waals surface area contributed by atoms with Crippen molar-refractivity contribution in [2.45, 2.75) is 64.9 Å². The number of hydrogen-bond donors (Lipinski definition) is 0. The Bertz CT molecular complexity index is 332. The summed E-state index contributed by atoms with van der Waals surface area (Å²) in [5.74, 6) is -0.144. The van der Waals surface area contributed by atoms with Crippen LogP contribution in [0.3, 0.4) is 0 Å². The van der Waals surface area contributed by atoms with Crippen LogP contribution in [0.4, 0.5) is 0 Å². The van der Waals surface area contributed by atoms with Crippen molar-refractivity contribution in [3.8, 4) is 0 Å². The molecule has 2 nitrogen and oxygen atoms in total. The topological polar surface area (TPSA) is 26.3 Å². The fourth-order valence-corrected chi connectivity index (χ4v) is 3.06. The van der Waals surface area contributed by atoms with Crippen molar-refractivity contribution >= 4 is 5.97 Å². The van der Waals surface area contributed by atoms with Crippen molar-refractivity contribution in [3.05, 3.63) is 11.6 Å². The molecule has 0 aromatic carbocycles. The molecule has 2 heteroatoms. The largest absolute Gasteiger partial charge is 0.454 e. The molecule has 0 bridgehead atoms. The molecule has 0 aliphatic heterocycles. The van der Waals surface area contributed by atoms with E-state index in [1.54, 1.807) is 0 Å². The summed E-state index contributed by atoms with van der Waals surface area (Å²) < 4.78 is 5.50. The normalized spacial score (nSPS) is 35.6. The van der Waals surface area contributed by atoms with Crippen LogP contribution in [0.2, 0.25) is 0 Å². The lowest BCUT2D eigenvalue weighted by atomic mass is 9.99. The van der Waals surface area contributed by atoms with Crippen molar-refractivity contribution in [1.82, 2.24) is 0 Å². The summed E-state index contributed by atoms with van der Waals surface area (Å²) >= 11 is 0. The predicted octanol–water partition coefficient (Wildman–Crippen LogP) is 3.61. The molecule has 2 atom stereocenters. The Kier molecular flexibility index (Phi) is 2.85. The zero-order chi connectivity index (χ0) is 11.8. The van der Waals surface area contributed by atoms with Crippen LogP contribution < -0.4 is 0 Å². The minimum absolute atomic E-state index is 0.144. The number of rotatable bonds is 5. The average Bonchev–Trinajstić information content (AvgIpc) is 2.58. The molecular weight excluding hydrogens is 200 g/mol. The van der Waals surface area contributed by atoms with Crippen molar-refractivity contribution in [3.63, 3.8) is 0 Å². The summed E-state index contributed by atoms with van der Waals surface area (Å²) in [6.45, 7) is 5.97. The summed E-state index contributed by atoms with van der Waals surface area (Å²) in [4.78, 5) is 11.1. The van der Waals surface area contributed by atoms with Gasteiger partial charge in [-0.3, -0.25) is 4.79 Å². The van der Waals surface area contributed by atoms with E-state index in [0.717, 1.165) is 12.8 Å². The van der Waals surface area contributed by atoms with Crippen LogP contribution in [0.5, 0.6) is 0 Å². The first-order valence-electron chi connectivity index (χ1n) is 6.41. The van der Waals surface area contributed by atoms with Crippen molar-refractivity contribution in [2.24, 2.45) is 5.41 Å². The third-order valence-corrected chi connectivity index (χ3v) is 4.03. The minimum Gasteiger partial charge on any atom is -0.454 e. The number of carbonyl (C=O) groups excluding carboxylic acids is 1. The Hall–Kier alpha value is -0.790. The Balaban J connectivity index is 1.94. The monoisotopic (exact) mass is 222 g/mol. The SMILES string of the molecule is CCCCCC1=C[C@]2(OC(C)=O)C[C@]2(C)C1. The van der Waals surface area contributed by atoms with E-state index < -0.39 is 0 Å². The van der Waals surface area contributed by atoms with Crippen LogP contribution in [-0.2, 0) is 9.53 Å². The number of esters is 1. The van der Waals surface area contributed by atoms with Gasteiger partial charge in [0.15, 0.2) is 0 Å². The van der Waals surface area contributed by atoms with Gasteiger partial charge in [-0.25, -0.2) is 0 Å². The summed E-state index contributed by atoms with van der Waals surface area (Å²) in [5, 5.41) is 0. The van der Waals surface area contributed by atoms with Crippen LogP contribution in [0.25, 0.3) is 0 Å². The second kappa shape index (κ2) is 3.90. The maximum Gasteiger partial charge on any atom is 0.303 e. The molecule has 0 N–H and O–H groups in total. The number of fused-ring (bicyclic) bond motifs is 1. The van der Waals surface area contributed by atoms with Crippen LogP contribution >= 0.6 is 0 Å². The summed E-state index contributed by atoms with van der Waals surface area (Å²) in [6, 6.07) is 0. The molecule has 16 heavy (non-hydrogen) atoms. The third kappa shape index (κ3) is 1.90. The molecule has 0 saturated heterocycles. The van der Waals surface area contributed by atoms with E-state index in [1.165, 1.54) is 38.2 Å².